The van der Waals surface area contributed by atoms with Crippen molar-refractivity contribution >= 4 is 21.9 Å². The van der Waals surface area contributed by atoms with Crippen molar-refractivity contribution in [2.45, 2.75) is 26.7 Å². The number of carbonyl (C=O) groups is 1. The Labute approximate surface area is 93.1 Å². The highest BCUT2D eigenvalue weighted by Gasteiger charge is 1.99. The third kappa shape index (κ3) is 6.66. The van der Waals surface area contributed by atoms with E-state index >= 15 is 0 Å². The number of rotatable bonds is 2. The van der Waals surface area contributed by atoms with Gasteiger partial charge in [-0.1, -0.05) is 48.3 Å². The van der Waals surface area contributed by atoms with Crippen LogP contribution in [0.25, 0.3) is 0 Å². The van der Waals surface area contributed by atoms with E-state index in [-0.39, 0.29) is 6.42 Å². The Kier molecular flexibility index (Phi) is 7.11. The SMILES string of the molecule is CCC.O=C(O)Cc1cccc(Br)c1. The lowest BCUT2D eigenvalue weighted by Crippen LogP contribution is -1.99. The van der Waals surface area contributed by atoms with Crippen molar-refractivity contribution in [3.63, 3.8) is 0 Å². The quantitative estimate of drug-likeness (QED) is 0.882. The molecule has 0 saturated carbocycles. The molecule has 1 N–H and O–H groups in total. The molecule has 0 amide bonds. The van der Waals surface area contributed by atoms with E-state index in [2.05, 4.69) is 29.8 Å². The molecule has 1 rings (SSSR count). The Morgan fingerprint density at radius 3 is 2.43 bits per heavy atom. The standard InChI is InChI=1S/C8H7BrO2.C3H8/c9-7-3-1-2-6(4-7)5-8(10)11;1-3-2/h1-4H,5H2,(H,10,11);3H2,1-2H3. The van der Waals surface area contributed by atoms with Crippen LogP contribution >= 0.6 is 15.9 Å². The summed E-state index contributed by atoms with van der Waals surface area (Å²) < 4.78 is 0.913. The Morgan fingerprint density at radius 1 is 1.43 bits per heavy atom. The molecule has 1 aromatic rings. The normalized spacial score (nSPS) is 8.79. The lowest BCUT2D eigenvalue weighted by molar-refractivity contribution is -0.136. The van der Waals surface area contributed by atoms with E-state index in [9.17, 15) is 4.79 Å². The molecule has 2 nitrogen and oxygen atoms in total. The fourth-order valence-corrected chi connectivity index (χ4v) is 1.27. The van der Waals surface area contributed by atoms with Crippen LogP contribution in [0.4, 0.5) is 0 Å². The fraction of sp³-hybridized carbons (Fsp3) is 0.364. The molecule has 0 aliphatic heterocycles. The minimum Gasteiger partial charge on any atom is -0.481 e. The lowest BCUT2D eigenvalue weighted by atomic mass is 10.2. The van der Waals surface area contributed by atoms with E-state index in [1.165, 1.54) is 6.42 Å². The van der Waals surface area contributed by atoms with Gasteiger partial charge in [-0.25, -0.2) is 0 Å². The molecule has 1 aromatic carbocycles. The summed E-state index contributed by atoms with van der Waals surface area (Å²) in [6.07, 6.45) is 1.33. The number of carboxylic acid groups (broad SMARTS) is 1. The zero-order valence-electron chi connectivity index (χ0n) is 8.46. The molecule has 78 valence electrons. The van der Waals surface area contributed by atoms with Crippen molar-refractivity contribution in [3.8, 4) is 0 Å². The number of carboxylic acids is 1. The van der Waals surface area contributed by atoms with Crippen LogP contribution in [0.3, 0.4) is 0 Å². The molecule has 3 heteroatoms. The first-order valence-corrected chi connectivity index (χ1v) is 5.35. The van der Waals surface area contributed by atoms with Crippen LogP contribution in [0.1, 0.15) is 25.8 Å². The van der Waals surface area contributed by atoms with Crippen molar-refractivity contribution in [2.75, 3.05) is 0 Å². The van der Waals surface area contributed by atoms with Crippen molar-refractivity contribution in [1.82, 2.24) is 0 Å². The smallest absolute Gasteiger partial charge is 0.307 e. The first-order chi connectivity index (χ1) is 6.60. The van der Waals surface area contributed by atoms with Crippen molar-refractivity contribution in [1.29, 1.82) is 0 Å². The van der Waals surface area contributed by atoms with Crippen LogP contribution in [-0.4, -0.2) is 11.1 Å². The van der Waals surface area contributed by atoms with E-state index in [0.29, 0.717) is 0 Å². The number of aliphatic carboxylic acids is 1. The van der Waals surface area contributed by atoms with Gasteiger partial charge in [-0.05, 0) is 17.7 Å². The highest BCUT2D eigenvalue weighted by Crippen LogP contribution is 2.11. The van der Waals surface area contributed by atoms with Gasteiger partial charge >= 0.3 is 5.97 Å². The van der Waals surface area contributed by atoms with Crippen LogP contribution in [0.2, 0.25) is 0 Å². The highest BCUT2D eigenvalue weighted by molar-refractivity contribution is 9.10. The van der Waals surface area contributed by atoms with E-state index < -0.39 is 5.97 Å². The minimum absolute atomic E-state index is 0.0828. The van der Waals surface area contributed by atoms with Crippen molar-refractivity contribution < 1.29 is 9.90 Å². The summed E-state index contributed by atoms with van der Waals surface area (Å²) in [6.45, 7) is 4.25. The summed E-state index contributed by atoms with van der Waals surface area (Å²) in [4.78, 5) is 10.3. The minimum atomic E-state index is -0.803. The summed E-state index contributed by atoms with van der Waals surface area (Å²) in [7, 11) is 0. The third-order valence-electron chi connectivity index (χ3n) is 1.24. The maximum Gasteiger partial charge on any atom is 0.307 e. The van der Waals surface area contributed by atoms with Gasteiger partial charge in [-0.15, -0.1) is 0 Å². The molecule has 0 saturated heterocycles. The molecule has 0 heterocycles. The summed E-state index contributed by atoms with van der Waals surface area (Å²) in [5.74, 6) is -0.803. The van der Waals surface area contributed by atoms with E-state index in [4.69, 9.17) is 5.11 Å². The Balaban J connectivity index is 0.000000500. The second kappa shape index (κ2) is 7.56. The van der Waals surface area contributed by atoms with Crippen LogP contribution in [0.5, 0.6) is 0 Å². The number of hydrogen-bond acceptors (Lipinski definition) is 1. The second-order valence-corrected chi connectivity index (χ2v) is 3.82. The molecular weight excluding hydrogens is 244 g/mol. The van der Waals surface area contributed by atoms with Crippen LogP contribution < -0.4 is 0 Å². The molecule has 14 heavy (non-hydrogen) atoms. The van der Waals surface area contributed by atoms with E-state index in [1.807, 2.05) is 12.1 Å². The van der Waals surface area contributed by atoms with Gasteiger partial charge in [0, 0.05) is 4.47 Å². The summed E-state index contributed by atoms with van der Waals surface area (Å²) in [6, 6.07) is 7.28. The number of hydrogen-bond donors (Lipinski definition) is 1. The van der Waals surface area contributed by atoms with E-state index in [1.54, 1.807) is 12.1 Å². The number of halogens is 1. The van der Waals surface area contributed by atoms with Gasteiger partial charge in [-0.2, -0.15) is 0 Å². The van der Waals surface area contributed by atoms with Gasteiger partial charge in [0.15, 0.2) is 0 Å². The summed E-state index contributed by atoms with van der Waals surface area (Å²) in [5.41, 5.74) is 0.812. The monoisotopic (exact) mass is 258 g/mol. The number of benzene rings is 1. The topological polar surface area (TPSA) is 37.3 Å². The third-order valence-corrected chi connectivity index (χ3v) is 1.74. The predicted molar refractivity (Wildman–Crippen MR) is 61.4 cm³/mol. The molecule has 0 aliphatic rings. The van der Waals surface area contributed by atoms with Gasteiger partial charge in [-0.3, -0.25) is 4.79 Å². The maximum absolute atomic E-state index is 10.3. The summed E-state index contributed by atoms with van der Waals surface area (Å²) in [5, 5.41) is 8.44. The average Bonchev–Trinajstić information content (AvgIpc) is 2.03. The predicted octanol–water partition coefficient (Wildman–Crippen LogP) is 3.49. The van der Waals surface area contributed by atoms with Crippen LogP contribution in [0, 0.1) is 0 Å². The molecule has 0 aromatic heterocycles. The van der Waals surface area contributed by atoms with Gasteiger partial charge in [0.2, 0.25) is 0 Å². The molecular formula is C11H15BrO2. The fourth-order valence-electron chi connectivity index (χ4n) is 0.822. The van der Waals surface area contributed by atoms with Crippen molar-refractivity contribution in [3.05, 3.63) is 34.3 Å². The Bertz CT molecular complexity index is 284. The van der Waals surface area contributed by atoms with Crippen molar-refractivity contribution in [2.24, 2.45) is 0 Å². The van der Waals surface area contributed by atoms with Gasteiger partial charge in [0.25, 0.3) is 0 Å². The average molecular weight is 259 g/mol. The molecule has 0 atom stereocenters. The zero-order chi connectivity index (χ0) is 11.0. The Hall–Kier alpha value is -0.830. The van der Waals surface area contributed by atoms with Gasteiger partial charge in [0.1, 0.15) is 0 Å². The van der Waals surface area contributed by atoms with E-state index in [0.717, 1.165) is 10.0 Å². The molecule has 0 unspecified atom stereocenters. The Morgan fingerprint density at radius 2 is 2.00 bits per heavy atom. The largest absolute Gasteiger partial charge is 0.481 e. The summed E-state index contributed by atoms with van der Waals surface area (Å²) >= 11 is 3.26. The molecule has 0 bridgehead atoms. The molecule has 0 radical (unpaired) electrons. The first-order valence-electron chi connectivity index (χ1n) is 4.56. The van der Waals surface area contributed by atoms with Crippen LogP contribution in [-0.2, 0) is 11.2 Å². The molecule has 0 aliphatic carbocycles. The molecule has 0 fully saturated rings. The first kappa shape index (κ1) is 13.2. The lowest BCUT2D eigenvalue weighted by Gasteiger charge is -1.95. The highest BCUT2D eigenvalue weighted by atomic mass is 79.9. The molecule has 0 spiro atoms. The zero-order valence-corrected chi connectivity index (χ0v) is 10.0. The maximum atomic E-state index is 10.3. The van der Waals surface area contributed by atoms with Crippen LogP contribution in [0.15, 0.2) is 28.7 Å². The van der Waals surface area contributed by atoms with Gasteiger partial charge < -0.3 is 5.11 Å². The second-order valence-electron chi connectivity index (χ2n) is 2.91. The van der Waals surface area contributed by atoms with Gasteiger partial charge in [0.05, 0.1) is 6.42 Å².